The third-order valence-electron chi connectivity index (χ3n) is 10.8. The number of aromatic nitrogens is 4. The molecule has 0 atom stereocenters. The van der Waals surface area contributed by atoms with Crippen molar-refractivity contribution in [2.45, 2.75) is 12.4 Å². The van der Waals surface area contributed by atoms with Crippen LogP contribution in [0.5, 0.6) is 0 Å². The molecule has 3 aromatic heterocycles. The summed E-state index contributed by atoms with van der Waals surface area (Å²) in [5.41, 5.74) is 4.44. The molecule has 10 aromatic rings. The van der Waals surface area contributed by atoms with Crippen molar-refractivity contribution in [3.8, 4) is 51.3 Å². The molecule has 3 heterocycles. The Morgan fingerprint density at radius 1 is 0.433 bits per heavy atom. The van der Waals surface area contributed by atoms with E-state index in [-0.39, 0.29) is 5.56 Å². The molecule has 10 rings (SSSR count). The van der Waals surface area contributed by atoms with E-state index in [0.29, 0.717) is 77.8 Å². The summed E-state index contributed by atoms with van der Waals surface area (Å²) in [5, 5.41) is 12.8. The van der Waals surface area contributed by atoms with Crippen LogP contribution in [0.25, 0.3) is 88.9 Å². The summed E-state index contributed by atoms with van der Waals surface area (Å²) in [5.74, 6) is 0.400. The molecule has 0 N–H and O–H groups in total. The summed E-state index contributed by atoms with van der Waals surface area (Å²) in [4.78, 5) is 10.1. The molecule has 5 nitrogen and oxygen atoms in total. The van der Waals surface area contributed by atoms with E-state index in [1.165, 1.54) is 12.1 Å². The molecule has 0 aliphatic rings. The van der Waals surface area contributed by atoms with Crippen molar-refractivity contribution in [1.29, 1.82) is 5.26 Å². The zero-order valence-electron chi connectivity index (χ0n) is 31.1. The second kappa shape index (κ2) is 13.7. The molecule has 0 aliphatic carbocycles. The molecule has 0 saturated heterocycles. The lowest BCUT2D eigenvalue weighted by Crippen LogP contribution is -2.06. The van der Waals surface area contributed by atoms with Crippen molar-refractivity contribution >= 4 is 43.6 Å². The van der Waals surface area contributed by atoms with Crippen molar-refractivity contribution in [3.05, 3.63) is 180 Å². The van der Waals surface area contributed by atoms with Crippen LogP contribution in [0.3, 0.4) is 0 Å². The van der Waals surface area contributed by atoms with Crippen molar-refractivity contribution in [2.75, 3.05) is 0 Å². The SMILES string of the molecule is N#Cc1cc(-n2c3ccccc3c3cc(C(F)(F)F)ccc32)c(-c2cc(-c3ccccc3)nc(-c3ccccc3)n2)cc1-n1c2ccccc2c2cc(C(F)(F)F)ccc21. The van der Waals surface area contributed by atoms with Gasteiger partial charge in [-0.1, -0.05) is 97.1 Å². The highest BCUT2D eigenvalue weighted by atomic mass is 19.4. The summed E-state index contributed by atoms with van der Waals surface area (Å²) in [7, 11) is 0. The molecule has 0 aliphatic heterocycles. The lowest BCUT2D eigenvalue weighted by molar-refractivity contribution is -0.138. The molecule has 290 valence electrons. The van der Waals surface area contributed by atoms with Gasteiger partial charge in [-0.05, 0) is 66.7 Å². The first-order chi connectivity index (χ1) is 29.0. The van der Waals surface area contributed by atoms with E-state index < -0.39 is 23.5 Å². The van der Waals surface area contributed by atoms with Crippen molar-refractivity contribution in [3.63, 3.8) is 0 Å². The average molecular weight is 800 g/mol. The van der Waals surface area contributed by atoms with Crippen LogP contribution in [0.2, 0.25) is 0 Å². The van der Waals surface area contributed by atoms with E-state index >= 15 is 0 Å². The number of hydrogen-bond donors (Lipinski definition) is 0. The number of para-hydroxylation sites is 2. The second-order valence-electron chi connectivity index (χ2n) is 14.4. The quantitative estimate of drug-likeness (QED) is 0.163. The molecule has 0 fully saturated rings. The fourth-order valence-electron chi connectivity index (χ4n) is 8.12. The highest BCUT2D eigenvalue weighted by Gasteiger charge is 2.33. The van der Waals surface area contributed by atoms with Crippen LogP contribution < -0.4 is 0 Å². The molecular formula is C49H27F6N5. The number of nitriles is 1. The first kappa shape index (κ1) is 36.6. The Labute approximate surface area is 337 Å². The van der Waals surface area contributed by atoms with E-state index in [1.807, 2.05) is 77.4 Å². The van der Waals surface area contributed by atoms with Crippen molar-refractivity contribution in [2.24, 2.45) is 0 Å². The lowest BCUT2D eigenvalue weighted by atomic mass is 10.0. The van der Waals surface area contributed by atoms with Gasteiger partial charge in [-0.25, -0.2) is 9.97 Å². The summed E-state index contributed by atoms with van der Waals surface area (Å²) in [6, 6.07) is 47.8. The molecule has 0 unspecified atom stereocenters. The maximum absolute atomic E-state index is 14.2. The first-order valence-corrected chi connectivity index (χ1v) is 18.8. The van der Waals surface area contributed by atoms with Gasteiger partial charge in [0, 0.05) is 38.2 Å². The summed E-state index contributed by atoms with van der Waals surface area (Å²) < 4.78 is 88.3. The van der Waals surface area contributed by atoms with Crippen LogP contribution in [-0.2, 0) is 12.4 Å². The van der Waals surface area contributed by atoms with Gasteiger partial charge < -0.3 is 9.13 Å². The van der Waals surface area contributed by atoms with Crippen LogP contribution >= 0.6 is 0 Å². The minimum atomic E-state index is -4.59. The van der Waals surface area contributed by atoms with E-state index in [1.54, 1.807) is 59.2 Å². The van der Waals surface area contributed by atoms with Gasteiger partial charge in [-0.15, -0.1) is 0 Å². The number of fused-ring (bicyclic) bond motifs is 6. The maximum Gasteiger partial charge on any atom is 0.416 e. The predicted molar refractivity (Wildman–Crippen MR) is 222 cm³/mol. The topological polar surface area (TPSA) is 59.4 Å². The summed E-state index contributed by atoms with van der Waals surface area (Å²) >= 11 is 0. The molecule has 60 heavy (non-hydrogen) atoms. The monoisotopic (exact) mass is 799 g/mol. The molecule has 0 radical (unpaired) electrons. The van der Waals surface area contributed by atoms with E-state index in [9.17, 15) is 31.6 Å². The highest BCUT2D eigenvalue weighted by molar-refractivity contribution is 6.11. The molecular weight excluding hydrogens is 773 g/mol. The third-order valence-corrected chi connectivity index (χ3v) is 10.8. The van der Waals surface area contributed by atoms with Gasteiger partial charge in [0.15, 0.2) is 5.82 Å². The van der Waals surface area contributed by atoms with E-state index in [2.05, 4.69) is 6.07 Å². The van der Waals surface area contributed by atoms with Crippen LogP contribution in [0, 0.1) is 11.3 Å². The number of benzene rings is 7. The largest absolute Gasteiger partial charge is 0.416 e. The Balaban J connectivity index is 1.35. The van der Waals surface area contributed by atoms with Crippen LogP contribution in [0.4, 0.5) is 26.3 Å². The van der Waals surface area contributed by atoms with Gasteiger partial charge in [-0.2, -0.15) is 31.6 Å². The molecule has 0 bridgehead atoms. The van der Waals surface area contributed by atoms with Gasteiger partial charge in [0.2, 0.25) is 0 Å². The smallest absolute Gasteiger partial charge is 0.309 e. The highest BCUT2D eigenvalue weighted by Crippen LogP contribution is 2.43. The van der Waals surface area contributed by atoms with Crippen molar-refractivity contribution in [1.82, 2.24) is 19.1 Å². The number of rotatable bonds is 5. The van der Waals surface area contributed by atoms with Crippen LogP contribution in [0.15, 0.2) is 164 Å². The Bertz CT molecular complexity index is 3300. The normalized spacial score (nSPS) is 12.2. The molecule has 0 amide bonds. The van der Waals surface area contributed by atoms with E-state index in [4.69, 9.17) is 9.97 Å². The lowest BCUT2D eigenvalue weighted by Gasteiger charge is -2.19. The van der Waals surface area contributed by atoms with Crippen LogP contribution in [-0.4, -0.2) is 19.1 Å². The van der Waals surface area contributed by atoms with Gasteiger partial charge in [-0.3, -0.25) is 0 Å². The van der Waals surface area contributed by atoms with Gasteiger partial charge >= 0.3 is 12.4 Å². The standard InChI is InChI=1S/C49H27F6N5/c50-48(51,52)32-19-21-43-36(24-32)34-15-7-9-17-41(34)59(43)45-26-38(40-27-39(29-11-3-1-4-12-29)57-47(58-40)30-13-5-2-6-14-30)46(23-31(45)28-56)60-42-18-10-8-16-35(42)37-25-33(49(53,54)55)20-22-44(37)60/h1-27H. The number of nitrogens with zero attached hydrogens (tertiary/aromatic N) is 5. The first-order valence-electron chi connectivity index (χ1n) is 18.8. The number of halogens is 6. The fourth-order valence-corrected chi connectivity index (χ4v) is 8.12. The minimum absolute atomic E-state index is 0.162. The maximum atomic E-state index is 14.2. The van der Waals surface area contributed by atoms with Gasteiger partial charge in [0.25, 0.3) is 0 Å². The van der Waals surface area contributed by atoms with E-state index in [0.717, 1.165) is 35.4 Å². The molecule has 7 aromatic carbocycles. The summed E-state index contributed by atoms with van der Waals surface area (Å²) in [6.07, 6.45) is -9.18. The fraction of sp³-hybridized carbons (Fsp3) is 0.0408. The average Bonchev–Trinajstić information content (AvgIpc) is 3.78. The third kappa shape index (κ3) is 6.03. The predicted octanol–water partition coefficient (Wildman–Crippen LogP) is 13.6. The summed E-state index contributed by atoms with van der Waals surface area (Å²) in [6.45, 7) is 0. The Morgan fingerprint density at radius 2 is 0.900 bits per heavy atom. The van der Waals surface area contributed by atoms with Gasteiger partial charge in [0.1, 0.15) is 6.07 Å². The van der Waals surface area contributed by atoms with Gasteiger partial charge in [0.05, 0.1) is 61.5 Å². The number of alkyl halides is 6. The molecule has 11 heteroatoms. The number of hydrogen-bond acceptors (Lipinski definition) is 3. The zero-order valence-corrected chi connectivity index (χ0v) is 31.1. The second-order valence-corrected chi connectivity index (χ2v) is 14.4. The van der Waals surface area contributed by atoms with Crippen LogP contribution in [0.1, 0.15) is 16.7 Å². The molecule has 0 saturated carbocycles. The van der Waals surface area contributed by atoms with Crippen molar-refractivity contribution < 1.29 is 26.3 Å². The Morgan fingerprint density at radius 3 is 1.43 bits per heavy atom. The Kier molecular flexibility index (Phi) is 8.36. The zero-order chi connectivity index (χ0) is 41.3. The minimum Gasteiger partial charge on any atom is -0.309 e. The molecule has 0 spiro atoms. The Hall–Kier alpha value is -7.71.